The Hall–Kier alpha value is -2.40. The lowest BCUT2D eigenvalue weighted by atomic mass is 9.97. The maximum absolute atomic E-state index is 12.2. The predicted octanol–water partition coefficient (Wildman–Crippen LogP) is 2.35. The van der Waals surface area contributed by atoms with E-state index in [4.69, 9.17) is 14.2 Å². The molecule has 2 rings (SSSR count). The molecule has 1 aromatic carbocycles. The Morgan fingerprint density at radius 1 is 1.05 bits per heavy atom. The molecule has 116 valence electrons. The van der Waals surface area contributed by atoms with Crippen LogP contribution in [0.4, 0.5) is 0 Å². The molecule has 5 nitrogen and oxygen atoms in total. The molecular formula is C17H18O5. The van der Waals surface area contributed by atoms with Crippen LogP contribution in [0.1, 0.15) is 18.6 Å². The first-order valence-corrected chi connectivity index (χ1v) is 6.88. The monoisotopic (exact) mass is 302 g/mol. The van der Waals surface area contributed by atoms with Gasteiger partial charge in [0.05, 0.1) is 25.4 Å². The van der Waals surface area contributed by atoms with Crippen molar-refractivity contribution < 1.29 is 23.8 Å². The molecule has 0 aliphatic carbocycles. The molecule has 2 atom stereocenters. The van der Waals surface area contributed by atoms with E-state index in [1.165, 1.54) is 14.2 Å². The summed E-state index contributed by atoms with van der Waals surface area (Å²) in [6.45, 7) is 1.81. The van der Waals surface area contributed by atoms with Crippen LogP contribution in [0.5, 0.6) is 0 Å². The third-order valence-electron chi connectivity index (χ3n) is 3.40. The molecule has 0 bridgehead atoms. The number of methoxy groups -OCH3 is 2. The molecule has 22 heavy (non-hydrogen) atoms. The number of rotatable bonds is 4. The summed E-state index contributed by atoms with van der Waals surface area (Å²) >= 11 is 0. The van der Waals surface area contributed by atoms with Gasteiger partial charge in [0, 0.05) is 0 Å². The van der Waals surface area contributed by atoms with E-state index in [1.54, 1.807) is 12.2 Å². The Bertz CT molecular complexity index is 615. The van der Waals surface area contributed by atoms with Crippen molar-refractivity contribution in [2.75, 3.05) is 14.2 Å². The molecule has 0 spiro atoms. The van der Waals surface area contributed by atoms with Crippen LogP contribution in [0.15, 0.2) is 53.6 Å². The lowest BCUT2D eigenvalue weighted by molar-refractivity contribution is -0.139. The standard InChI is InChI=1S/C17H18O5/c1-4-8-12-13(16(18)20-2)14(17(19)21-3)15(22-12)11-9-6-5-7-10-11/h4-10,12,15H,1-3H3/b8-4+/t12-,15+/m0/s1. The summed E-state index contributed by atoms with van der Waals surface area (Å²) in [5.74, 6) is -1.19. The first kappa shape index (κ1) is 16.0. The average Bonchev–Trinajstić information content (AvgIpc) is 2.94. The Balaban J connectivity index is 2.58. The highest BCUT2D eigenvalue weighted by Crippen LogP contribution is 2.39. The quantitative estimate of drug-likeness (QED) is 0.631. The second kappa shape index (κ2) is 7.04. The molecule has 0 N–H and O–H groups in total. The highest BCUT2D eigenvalue weighted by molar-refractivity contribution is 6.03. The van der Waals surface area contributed by atoms with Crippen molar-refractivity contribution >= 4 is 11.9 Å². The van der Waals surface area contributed by atoms with E-state index >= 15 is 0 Å². The predicted molar refractivity (Wildman–Crippen MR) is 79.9 cm³/mol. The average molecular weight is 302 g/mol. The summed E-state index contributed by atoms with van der Waals surface area (Å²) in [5, 5.41) is 0. The smallest absolute Gasteiger partial charge is 0.337 e. The molecule has 5 heteroatoms. The van der Waals surface area contributed by atoms with Crippen molar-refractivity contribution in [2.24, 2.45) is 0 Å². The molecule has 0 unspecified atom stereocenters. The van der Waals surface area contributed by atoms with Crippen LogP contribution < -0.4 is 0 Å². The van der Waals surface area contributed by atoms with Crippen LogP contribution in [-0.4, -0.2) is 32.3 Å². The Labute approximate surface area is 129 Å². The van der Waals surface area contributed by atoms with Crippen LogP contribution in [-0.2, 0) is 23.8 Å². The largest absolute Gasteiger partial charge is 0.466 e. The molecule has 0 aromatic heterocycles. The molecule has 0 amide bonds. The zero-order chi connectivity index (χ0) is 16.1. The van der Waals surface area contributed by atoms with E-state index in [1.807, 2.05) is 37.3 Å². The molecule has 1 heterocycles. The van der Waals surface area contributed by atoms with E-state index in [2.05, 4.69) is 0 Å². The lowest BCUT2D eigenvalue weighted by Crippen LogP contribution is -2.18. The number of carbonyl (C=O) groups excluding carboxylic acids is 2. The van der Waals surface area contributed by atoms with Crippen molar-refractivity contribution in [1.29, 1.82) is 0 Å². The third-order valence-corrected chi connectivity index (χ3v) is 3.40. The van der Waals surface area contributed by atoms with Gasteiger partial charge in [0.1, 0.15) is 12.2 Å². The van der Waals surface area contributed by atoms with Gasteiger partial charge in [0.15, 0.2) is 0 Å². The summed E-state index contributed by atoms with van der Waals surface area (Å²) in [6, 6.07) is 9.22. The minimum absolute atomic E-state index is 0.182. The Morgan fingerprint density at radius 3 is 2.18 bits per heavy atom. The molecule has 1 aliphatic rings. The molecule has 1 aromatic rings. The lowest BCUT2D eigenvalue weighted by Gasteiger charge is -2.14. The van der Waals surface area contributed by atoms with Crippen LogP contribution in [0, 0.1) is 0 Å². The number of benzene rings is 1. The zero-order valence-corrected chi connectivity index (χ0v) is 12.7. The van der Waals surface area contributed by atoms with Crippen molar-refractivity contribution in [2.45, 2.75) is 19.1 Å². The van der Waals surface area contributed by atoms with Crippen molar-refractivity contribution in [3.8, 4) is 0 Å². The van der Waals surface area contributed by atoms with E-state index in [0.29, 0.717) is 0 Å². The SMILES string of the molecule is C/C=C/[C@@H]1O[C@H](c2ccccc2)C(C(=O)OC)=C1C(=O)OC. The van der Waals surface area contributed by atoms with Gasteiger partial charge in [-0.2, -0.15) is 0 Å². The number of allylic oxidation sites excluding steroid dienone is 1. The van der Waals surface area contributed by atoms with Crippen molar-refractivity contribution in [3.63, 3.8) is 0 Å². The van der Waals surface area contributed by atoms with Gasteiger partial charge < -0.3 is 14.2 Å². The normalized spacial score (nSPS) is 21.2. The molecule has 1 aliphatic heterocycles. The first-order valence-electron chi connectivity index (χ1n) is 6.88. The fraction of sp³-hybridized carbons (Fsp3) is 0.294. The van der Waals surface area contributed by atoms with Gasteiger partial charge in [-0.25, -0.2) is 9.59 Å². The van der Waals surface area contributed by atoms with Crippen LogP contribution in [0.3, 0.4) is 0 Å². The number of hydrogen-bond donors (Lipinski definition) is 0. The van der Waals surface area contributed by atoms with Gasteiger partial charge in [-0.1, -0.05) is 42.5 Å². The van der Waals surface area contributed by atoms with E-state index < -0.39 is 24.1 Å². The van der Waals surface area contributed by atoms with Crippen LogP contribution in [0.2, 0.25) is 0 Å². The highest BCUT2D eigenvalue weighted by atomic mass is 16.5. The van der Waals surface area contributed by atoms with E-state index in [9.17, 15) is 9.59 Å². The Morgan fingerprint density at radius 2 is 1.64 bits per heavy atom. The summed E-state index contributed by atoms with van der Waals surface area (Å²) in [4.78, 5) is 24.3. The summed E-state index contributed by atoms with van der Waals surface area (Å²) in [5.41, 5.74) is 1.14. The van der Waals surface area contributed by atoms with Crippen LogP contribution in [0.25, 0.3) is 0 Å². The van der Waals surface area contributed by atoms with E-state index in [-0.39, 0.29) is 11.1 Å². The summed E-state index contributed by atoms with van der Waals surface area (Å²) < 4.78 is 15.5. The number of hydrogen-bond acceptors (Lipinski definition) is 5. The minimum Gasteiger partial charge on any atom is -0.466 e. The maximum Gasteiger partial charge on any atom is 0.337 e. The van der Waals surface area contributed by atoms with Gasteiger partial charge in [-0.3, -0.25) is 0 Å². The molecule has 0 saturated carbocycles. The number of ether oxygens (including phenoxy) is 3. The van der Waals surface area contributed by atoms with Gasteiger partial charge >= 0.3 is 11.9 Å². The second-order valence-electron chi connectivity index (χ2n) is 4.68. The Kier molecular flexibility index (Phi) is 5.12. The number of esters is 2. The van der Waals surface area contributed by atoms with Gasteiger partial charge in [-0.05, 0) is 12.5 Å². The van der Waals surface area contributed by atoms with Crippen molar-refractivity contribution in [1.82, 2.24) is 0 Å². The minimum atomic E-state index is -0.663. The number of carbonyl (C=O) groups is 2. The van der Waals surface area contributed by atoms with E-state index in [0.717, 1.165) is 5.56 Å². The summed E-state index contributed by atoms with van der Waals surface area (Å²) in [6.07, 6.45) is 2.16. The maximum atomic E-state index is 12.2. The van der Waals surface area contributed by atoms with Gasteiger partial charge in [-0.15, -0.1) is 0 Å². The molecule has 0 fully saturated rings. The van der Waals surface area contributed by atoms with Gasteiger partial charge in [0.25, 0.3) is 0 Å². The first-order chi connectivity index (χ1) is 10.6. The van der Waals surface area contributed by atoms with Gasteiger partial charge in [0.2, 0.25) is 0 Å². The topological polar surface area (TPSA) is 61.8 Å². The second-order valence-corrected chi connectivity index (χ2v) is 4.68. The van der Waals surface area contributed by atoms with Crippen molar-refractivity contribution in [3.05, 3.63) is 59.2 Å². The summed E-state index contributed by atoms with van der Waals surface area (Å²) in [7, 11) is 2.54. The molecular weight excluding hydrogens is 284 g/mol. The fourth-order valence-electron chi connectivity index (χ4n) is 2.43. The third kappa shape index (κ3) is 2.94. The molecule has 0 saturated heterocycles. The zero-order valence-electron chi connectivity index (χ0n) is 12.7. The fourth-order valence-corrected chi connectivity index (χ4v) is 2.43. The highest BCUT2D eigenvalue weighted by Gasteiger charge is 2.42. The molecule has 0 radical (unpaired) electrons. The van der Waals surface area contributed by atoms with Crippen LogP contribution >= 0.6 is 0 Å².